The molecule has 2 nitrogen and oxygen atoms in total. The molecule has 4 heteroatoms. The van der Waals surface area contributed by atoms with Gasteiger partial charge in [0.1, 0.15) is 0 Å². The molecule has 0 radical (unpaired) electrons. The smallest absolute Gasteiger partial charge is 0.253 e. The van der Waals surface area contributed by atoms with E-state index in [1.165, 1.54) is 0 Å². The Hall–Kier alpha value is -0.540. The maximum absolute atomic E-state index is 11.9. The van der Waals surface area contributed by atoms with E-state index in [1.54, 1.807) is 6.07 Å². The normalized spacial score (nSPS) is 11.6. The molecule has 1 rings (SSSR count). The fourth-order valence-electron chi connectivity index (χ4n) is 1.17. The van der Waals surface area contributed by atoms with E-state index < -0.39 is 0 Å². The molecule has 0 heterocycles. The summed E-state index contributed by atoms with van der Waals surface area (Å²) in [5, 5.41) is 2.80. The van der Waals surface area contributed by atoms with Crippen LogP contribution in [0.2, 0.25) is 0 Å². The number of carbonyl (C=O) groups excluding carboxylic acids is 1. The molecule has 0 saturated carbocycles. The van der Waals surface area contributed by atoms with Crippen LogP contribution in [-0.2, 0) is 0 Å². The summed E-state index contributed by atoms with van der Waals surface area (Å²) in [4.78, 5) is 11.9. The van der Waals surface area contributed by atoms with Gasteiger partial charge in [-0.3, -0.25) is 4.79 Å². The molecule has 0 saturated heterocycles. The van der Waals surface area contributed by atoms with Gasteiger partial charge >= 0.3 is 0 Å². The average molecular weight is 392 g/mol. The highest BCUT2D eigenvalue weighted by molar-refractivity contribution is 14.1. The first-order valence-electron chi connectivity index (χ1n) is 4.80. The summed E-state index contributed by atoms with van der Waals surface area (Å²) in [5.74, 6) is 2.41. The number of benzene rings is 1. The number of nitrogens with one attached hydrogen (secondary N) is 1. The highest BCUT2D eigenvalue weighted by Gasteiger charge is 2.13. The molecule has 0 aromatic heterocycles. The van der Waals surface area contributed by atoms with Crippen LogP contribution in [0.4, 0.5) is 0 Å². The molecule has 16 heavy (non-hydrogen) atoms. The second-order valence-electron chi connectivity index (χ2n) is 3.23. The quantitative estimate of drug-likeness (QED) is 0.622. The number of terminal acetylenes is 1. The van der Waals surface area contributed by atoms with Crippen LogP contribution in [-0.4, -0.2) is 11.9 Å². The molecule has 0 spiro atoms. The average Bonchev–Trinajstić information content (AvgIpc) is 2.28. The first kappa shape index (κ1) is 13.5. The van der Waals surface area contributed by atoms with Gasteiger partial charge in [0.15, 0.2) is 0 Å². The first-order chi connectivity index (χ1) is 7.58. The Morgan fingerprint density at radius 2 is 2.38 bits per heavy atom. The Bertz CT molecular complexity index is 439. The maximum atomic E-state index is 11.9. The third-order valence-corrected chi connectivity index (χ3v) is 3.52. The van der Waals surface area contributed by atoms with Crippen molar-refractivity contribution in [2.45, 2.75) is 19.4 Å². The minimum atomic E-state index is -0.206. The van der Waals surface area contributed by atoms with Crippen molar-refractivity contribution >= 4 is 44.4 Å². The Balaban J connectivity index is 2.89. The topological polar surface area (TPSA) is 29.1 Å². The second kappa shape index (κ2) is 6.26. The van der Waals surface area contributed by atoms with E-state index in [0.717, 1.165) is 14.5 Å². The van der Waals surface area contributed by atoms with Crippen molar-refractivity contribution in [3.63, 3.8) is 0 Å². The highest BCUT2D eigenvalue weighted by Crippen LogP contribution is 2.18. The number of hydrogen-bond acceptors (Lipinski definition) is 1. The van der Waals surface area contributed by atoms with E-state index in [-0.39, 0.29) is 11.9 Å². The lowest BCUT2D eigenvalue weighted by Crippen LogP contribution is -2.33. The van der Waals surface area contributed by atoms with Gasteiger partial charge in [-0.15, -0.1) is 6.42 Å². The van der Waals surface area contributed by atoms with Crippen LogP contribution in [0.15, 0.2) is 22.7 Å². The zero-order valence-electron chi connectivity index (χ0n) is 8.76. The van der Waals surface area contributed by atoms with Crippen LogP contribution < -0.4 is 5.32 Å². The summed E-state index contributed by atoms with van der Waals surface area (Å²) in [6.07, 6.45) is 6.03. The number of halogens is 2. The molecular formula is C12H11BrINO. The molecule has 1 amide bonds. The van der Waals surface area contributed by atoms with Gasteiger partial charge in [-0.25, -0.2) is 0 Å². The van der Waals surface area contributed by atoms with Crippen molar-refractivity contribution in [3.05, 3.63) is 31.8 Å². The van der Waals surface area contributed by atoms with E-state index in [9.17, 15) is 4.79 Å². The van der Waals surface area contributed by atoms with Gasteiger partial charge in [0, 0.05) is 8.04 Å². The molecule has 1 unspecified atom stereocenters. The van der Waals surface area contributed by atoms with Crippen molar-refractivity contribution in [1.82, 2.24) is 5.32 Å². The Labute approximate surface area is 117 Å². The van der Waals surface area contributed by atoms with Crippen LogP contribution >= 0.6 is 38.5 Å². The summed E-state index contributed by atoms with van der Waals surface area (Å²) in [6.45, 7) is 1.94. The summed E-state index contributed by atoms with van der Waals surface area (Å²) in [5.41, 5.74) is 0.642. The minimum absolute atomic E-state index is 0.129. The highest BCUT2D eigenvalue weighted by atomic mass is 127. The third kappa shape index (κ3) is 3.49. The molecular weight excluding hydrogens is 381 g/mol. The van der Waals surface area contributed by atoms with Crippen LogP contribution in [0.3, 0.4) is 0 Å². The number of amides is 1. The van der Waals surface area contributed by atoms with Crippen LogP contribution in [0.25, 0.3) is 0 Å². The van der Waals surface area contributed by atoms with Crippen molar-refractivity contribution in [3.8, 4) is 12.3 Å². The first-order valence-corrected chi connectivity index (χ1v) is 6.67. The van der Waals surface area contributed by atoms with E-state index >= 15 is 0 Å². The molecule has 1 atom stereocenters. The molecule has 0 aliphatic heterocycles. The zero-order chi connectivity index (χ0) is 12.1. The minimum Gasteiger partial charge on any atom is -0.338 e. The van der Waals surface area contributed by atoms with Gasteiger partial charge in [-0.05, 0) is 47.2 Å². The molecule has 1 aromatic rings. The standard InChI is InChI=1S/C12H11BrINO/c1-3-9(4-2)15-12(16)10-7-8(13)5-6-11(10)14/h1,5-7,9H,4H2,2H3,(H,15,16). The van der Waals surface area contributed by atoms with Crippen molar-refractivity contribution in [2.24, 2.45) is 0 Å². The lowest BCUT2D eigenvalue weighted by atomic mass is 10.2. The van der Waals surface area contributed by atoms with Crippen LogP contribution in [0.5, 0.6) is 0 Å². The Morgan fingerprint density at radius 1 is 1.69 bits per heavy atom. The van der Waals surface area contributed by atoms with E-state index in [0.29, 0.717) is 5.56 Å². The number of rotatable bonds is 3. The SMILES string of the molecule is C#CC(CC)NC(=O)c1cc(Br)ccc1I. The van der Waals surface area contributed by atoms with E-state index in [4.69, 9.17) is 6.42 Å². The fourth-order valence-corrected chi connectivity index (χ4v) is 2.11. The summed E-state index contributed by atoms with van der Waals surface area (Å²) < 4.78 is 1.79. The molecule has 0 aliphatic rings. The Morgan fingerprint density at radius 3 is 2.94 bits per heavy atom. The fraction of sp³-hybridized carbons (Fsp3) is 0.250. The van der Waals surface area contributed by atoms with Gasteiger partial charge in [-0.1, -0.05) is 28.8 Å². The molecule has 0 fully saturated rings. The lowest BCUT2D eigenvalue weighted by molar-refractivity contribution is 0.0944. The van der Waals surface area contributed by atoms with Gasteiger partial charge in [-0.2, -0.15) is 0 Å². The van der Waals surface area contributed by atoms with Gasteiger partial charge in [0.25, 0.3) is 5.91 Å². The van der Waals surface area contributed by atoms with Crippen molar-refractivity contribution in [1.29, 1.82) is 0 Å². The molecule has 0 aliphatic carbocycles. The summed E-state index contributed by atoms with van der Waals surface area (Å²) in [6, 6.07) is 5.37. The largest absolute Gasteiger partial charge is 0.338 e. The number of carbonyl (C=O) groups is 1. The summed E-state index contributed by atoms with van der Waals surface area (Å²) in [7, 11) is 0. The monoisotopic (exact) mass is 391 g/mol. The second-order valence-corrected chi connectivity index (χ2v) is 5.30. The maximum Gasteiger partial charge on any atom is 0.253 e. The predicted molar refractivity (Wildman–Crippen MR) is 77.2 cm³/mol. The van der Waals surface area contributed by atoms with Gasteiger partial charge in [0.2, 0.25) is 0 Å². The van der Waals surface area contributed by atoms with Crippen molar-refractivity contribution < 1.29 is 4.79 Å². The van der Waals surface area contributed by atoms with Gasteiger partial charge < -0.3 is 5.32 Å². The zero-order valence-corrected chi connectivity index (χ0v) is 12.5. The van der Waals surface area contributed by atoms with Crippen molar-refractivity contribution in [2.75, 3.05) is 0 Å². The van der Waals surface area contributed by atoms with E-state index in [2.05, 4.69) is 49.8 Å². The van der Waals surface area contributed by atoms with Crippen LogP contribution in [0.1, 0.15) is 23.7 Å². The van der Waals surface area contributed by atoms with Gasteiger partial charge in [0.05, 0.1) is 11.6 Å². The third-order valence-electron chi connectivity index (χ3n) is 2.09. The molecule has 84 valence electrons. The van der Waals surface area contributed by atoms with Crippen LogP contribution in [0, 0.1) is 15.9 Å². The molecule has 0 bridgehead atoms. The number of hydrogen-bond donors (Lipinski definition) is 1. The Kier molecular flexibility index (Phi) is 5.29. The lowest BCUT2D eigenvalue weighted by Gasteiger charge is -2.11. The van der Waals surface area contributed by atoms with E-state index in [1.807, 2.05) is 19.1 Å². The molecule has 1 N–H and O–H groups in total. The molecule has 1 aromatic carbocycles. The summed E-state index contributed by atoms with van der Waals surface area (Å²) >= 11 is 5.47. The predicted octanol–water partition coefficient (Wildman–Crippen LogP) is 3.20.